The molecule has 0 saturated heterocycles. The SMILES string of the molecule is COc1cc(/C=C/C(=O)NC(c2ccccc2)c2cccs2)ccc1OC(F)F. The Morgan fingerprint density at radius 2 is 1.86 bits per heavy atom. The molecule has 1 heterocycles. The van der Waals surface area contributed by atoms with E-state index in [0.717, 1.165) is 10.4 Å². The van der Waals surface area contributed by atoms with Gasteiger partial charge in [0.25, 0.3) is 0 Å². The lowest BCUT2D eigenvalue weighted by molar-refractivity contribution is -0.116. The van der Waals surface area contributed by atoms with Crippen LogP contribution in [0.4, 0.5) is 8.78 Å². The lowest BCUT2D eigenvalue weighted by atomic mass is 10.1. The average molecular weight is 415 g/mol. The number of methoxy groups -OCH3 is 1. The molecule has 29 heavy (non-hydrogen) atoms. The predicted molar refractivity (Wildman–Crippen MR) is 109 cm³/mol. The molecule has 1 amide bonds. The Bertz CT molecular complexity index is 959. The number of carbonyl (C=O) groups is 1. The number of alkyl halides is 2. The van der Waals surface area contributed by atoms with E-state index in [2.05, 4.69) is 10.1 Å². The number of hydrogen-bond donors (Lipinski definition) is 1. The molecule has 0 saturated carbocycles. The molecular formula is C22H19F2NO3S. The van der Waals surface area contributed by atoms with Crippen molar-refractivity contribution in [3.05, 3.63) is 88.1 Å². The van der Waals surface area contributed by atoms with E-state index < -0.39 is 6.61 Å². The first-order valence-corrected chi connectivity index (χ1v) is 9.64. The van der Waals surface area contributed by atoms with Crippen molar-refractivity contribution >= 4 is 23.3 Å². The number of rotatable bonds is 8. The second kappa shape index (κ2) is 9.84. The third-order valence-corrected chi connectivity index (χ3v) is 5.02. The standard InChI is InChI=1S/C22H19F2NO3S/c1-27-18-14-15(9-11-17(18)28-22(23)24)10-12-20(26)25-21(19-8-5-13-29-19)16-6-3-2-4-7-16/h2-14,21-22H,1H3,(H,25,26)/b12-10+. The van der Waals surface area contributed by atoms with E-state index in [0.29, 0.717) is 5.56 Å². The Balaban J connectivity index is 1.74. The van der Waals surface area contributed by atoms with Gasteiger partial charge in [-0.1, -0.05) is 42.5 Å². The molecule has 0 aliphatic rings. The molecule has 7 heteroatoms. The van der Waals surface area contributed by atoms with Gasteiger partial charge in [0, 0.05) is 11.0 Å². The predicted octanol–water partition coefficient (Wildman–Crippen LogP) is 5.28. The molecule has 1 aromatic heterocycles. The minimum atomic E-state index is -2.94. The van der Waals surface area contributed by atoms with E-state index in [-0.39, 0.29) is 23.4 Å². The monoisotopic (exact) mass is 415 g/mol. The van der Waals surface area contributed by atoms with Crippen molar-refractivity contribution in [3.63, 3.8) is 0 Å². The van der Waals surface area contributed by atoms with E-state index in [1.54, 1.807) is 23.5 Å². The summed E-state index contributed by atoms with van der Waals surface area (Å²) in [5.41, 5.74) is 1.60. The topological polar surface area (TPSA) is 47.6 Å². The van der Waals surface area contributed by atoms with Crippen LogP contribution in [-0.4, -0.2) is 19.6 Å². The number of carbonyl (C=O) groups excluding carboxylic acids is 1. The second-order valence-corrected chi connectivity index (χ2v) is 6.97. The number of amides is 1. The Labute approximate surface area is 171 Å². The van der Waals surface area contributed by atoms with Gasteiger partial charge in [-0.25, -0.2) is 0 Å². The highest BCUT2D eigenvalue weighted by molar-refractivity contribution is 7.10. The maximum atomic E-state index is 12.5. The van der Waals surface area contributed by atoms with E-state index in [1.807, 2.05) is 47.8 Å². The van der Waals surface area contributed by atoms with Gasteiger partial charge in [0.05, 0.1) is 13.2 Å². The minimum absolute atomic E-state index is 0.0639. The van der Waals surface area contributed by atoms with Gasteiger partial charge in [-0.05, 0) is 40.8 Å². The van der Waals surface area contributed by atoms with Crippen LogP contribution in [0.25, 0.3) is 6.08 Å². The van der Waals surface area contributed by atoms with Crippen molar-refractivity contribution in [3.8, 4) is 11.5 Å². The van der Waals surface area contributed by atoms with Gasteiger partial charge < -0.3 is 14.8 Å². The van der Waals surface area contributed by atoms with Gasteiger partial charge in [-0.15, -0.1) is 11.3 Å². The molecule has 0 fully saturated rings. The van der Waals surface area contributed by atoms with Crippen LogP contribution in [0.1, 0.15) is 22.0 Å². The molecule has 0 aliphatic carbocycles. The molecule has 4 nitrogen and oxygen atoms in total. The van der Waals surface area contributed by atoms with E-state index in [9.17, 15) is 13.6 Å². The highest BCUT2D eigenvalue weighted by Gasteiger charge is 2.16. The Morgan fingerprint density at radius 1 is 1.07 bits per heavy atom. The molecule has 1 atom stereocenters. The maximum absolute atomic E-state index is 12.5. The number of benzene rings is 2. The average Bonchev–Trinajstić information content (AvgIpc) is 3.26. The van der Waals surface area contributed by atoms with Crippen molar-refractivity contribution in [1.82, 2.24) is 5.32 Å². The quantitative estimate of drug-likeness (QED) is 0.510. The summed E-state index contributed by atoms with van der Waals surface area (Å²) in [6.45, 7) is -2.94. The lowest BCUT2D eigenvalue weighted by Gasteiger charge is -2.17. The molecule has 0 radical (unpaired) electrons. The molecule has 2 aromatic carbocycles. The second-order valence-electron chi connectivity index (χ2n) is 5.99. The third kappa shape index (κ3) is 5.65. The molecular weight excluding hydrogens is 396 g/mol. The van der Waals surface area contributed by atoms with Crippen LogP contribution in [0, 0.1) is 0 Å². The summed E-state index contributed by atoms with van der Waals surface area (Å²) in [4.78, 5) is 13.5. The van der Waals surface area contributed by atoms with Crippen LogP contribution < -0.4 is 14.8 Å². The zero-order chi connectivity index (χ0) is 20.6. The summed E-state index contributed by atoms with van der Waals surface area (Å²) in [7, 11) is 1.36. The van der Waals surface area contributed by atoms with Crippen LogP contribution >= 0.6 is 11.3 Å². The molecule has 0 aliphatic heterocycles. The molecule has 1 N–H and O–H groups in total. The summed E-state index contributed by atoms with van der Waals surface area (Å²) in [5.74, 6) is -0.182. The van der Waals surface area contributed by atoms with E-state index in [4.69, 9.17) is 4.74 Å². The molecule has 3 rings (SSSR count). The summed E-state index contributed by atoms with van der Waals surface area (Å²) >= 11 is 1.56. The fourth-order valence-electron chi connectivity index (χ4n) is 2.76. The normalized spacial score (nSPS) is 12.1. The lowest BCUT2D eigenvalue weighted by Crippen LogP contribution is -2.27. The Kier molecular flexibility index (Phi) is 6.97. The maximum Gasteiger partial charge on any atom is 0.387 e. The minimum Gasteiger partial charge on any atom is -0.493 e. The number of ether oxygens (including phenoxy) is 2. The molecule has 3 aromatic rings. The summed E-state index contributed by atoms with van der Waals surface area (Å²) in [5, 5.41) is 4.96. The first kappa shape index (κ1) is 20.5. The first-order valence-electron chi connectivity index (χ1n) is 8.76. The van der Waals surface area contributed by atoms with Gasteiger partial charge in [0.2, 0.25) is 5.91 Å². The first-order chi connectivity index (χ1) is 14.1. The number of thiophene rings is 1. The zero-order valence-corrected chi connectivity index (χ0v) is 16.4. The van der Waals surface area contributed by atoms with Crippen molar-refractivity contribution in [2.24, 2.45) is 0 Å². The summed E-state index contributed by atoms with van der Waals surface area (Å²) < 4.78 is 34.3. The number of halogens is 2. The van der Waals surface area contributed by atoms with Crippen LogP contribution in [-0.2, 0) is 4.79 Å². The largest absolute Gasteiger partial charge is 0.493 e. The van der Waals surface area contributed by atoms with E-state index >= 15 is 0 Å². The summed E-state index contributed by atoms with van der Waals surface area (Å²) in [6, 6.07) is 17.8. The smallest absolute Gasteiger partial charge is 0.387 e. The highest BCUT2D eigenvalue weighted by Crippen LogP contribution is 2.30. The van der Waals surface area contributed by atoms with Crippen molar-refractivity contribution < 1.29 is 23.0 Å². The fourth-order valence-corrected chi connectivity index (χ4v) is 3.57. The molecule has 0 bridgehead atoms. The van der Waals surface area contributed by atoms with Gasteiger partial charge in [0.1, 0.15) is 0 Å². The molecule has 1 unspecified atom stereocenters. The van der Waals surface area contributed by atoms with Crippen molar-refractivity contribution in [1.29, 1.82) is 0 Å². The van der Waals surface area contributed by atoms with Gasteiger partial charge in [-0.3, -0.25) is 4.79 Å². The number of hydrogen-bond acceptors (Lipinski definition) is 4. The van der Waals surface area contributed by atoms with Crippen LogP contribution in [0.2, 0.25) is 0 Å². The molecule has 150 valence electrons. The van der Waals surface area contributed by atoms with Crippen molar-refractivity contribution in [2.75, 3.05) is 7.11 Å². The van der Waals surface area contributed by atoms with Gasteiger partial charge in [-0.2, -0.15) is 8.78 Å². The van der Waals surface area contributed by atoms with Crippen LogP contribution in [0.15, 0.2) is 72.1 Å². The van der Waals surface area contributed by atoms with E-state index in [1.165, 1.54) is 25.3 Å². The zero-order valence-electron chi connectivity index (χ0n) is 15.5. The highest BCUT2D eigenvalue weighted by atomic mass is 32.1. The fraction of sp³-hybridized carbons (Fsp3) is 0.136. The van der Waals surface area contributed by atoms with Gasteiger partial charge >= 0.3 is 6.61 Å². The van der Waals surface area contributed by atoms with Crippen LogP contribution in [0.5, 0.6) is 11.5 Å². The summed E-state index contributed by atoms with van der Waals surface area (Å²) in [6.07, 6.45) is 2.98. The third-order valence-electron chi connectivity index (χ3n) is 4.08. The Hall–Kier alpha value is -3.19. The Morgan fingerprint density at radius 3 is 2.52 bits per heavy atom. The van der Waals surface area contributed by atoms with Crippen molar-refractivity contribution in [2.45, 2.75) is 12.7 Å². The number of nitrogens with one attached hydrogen (secondary N) is 1. The van der Waals surface area contributed by atoms with Gasteiger partial charge in [0.15, 0.2) is 11.5 Å². The molecule has 0 spiro atoms. The van der Waals surface area contributed by atoms with Crippen LogP contribution in [0.3, 0.4) is 0 Å².